The molecule has 0 saturated heterocycles. The van der Waals surface area contributed by atoms with Crippen molar-refractivity contribution >= 4 is 14.6 Å². The van der Waals surface area contributed by atoms with E-state index in [1.807, 2.05) is 19.9 Å². The molecule has 0 N–H and O–H groups in total. The Morgan fingerprint density at radius 2 is 1.78 bits per heavy atom. The van der Waals surface area contributed by atoms with Crippen molar-refractivity contribution in [2.24, 2.45) is 5.92 Å². The molecule has 0 amide bonds. The largest absolute Gasteiger partial charge is 0.545 e. The molecule has 0 saturated carbocycles. The number of rotatable bonds is 8. The minimum Gasteiger partial charge on any atom is -0.545 e. The van der Waals surface area contributed by atoms with Gasteiger partial charge in [-0.1, -0.05) is 25.8 Å². The summed E-state index contributed by atoms with van der Waals surface area (Å²) in [6, 6.07) is 0. The van der Waals surface area contributed by atoms with Gasteiger partial charge in [-0.05, 0) is 71.8 Å². The summed E-state index contributed by atoms with van der Waals surface area (Å²) in [5, 5.41) is 0. The third-order valence-corrected chi connectivity index (χ3v) is 4.15. The van der Waals surface area contributed by atoms with Gasteiger partial charge in [0, 0.05) is 7.11 Å². The predicted molar refractivity (Wildman–Crippen MR) is 103 cm³/mol. The number of hydrogen-bond acceptors (Lipinski definition) is 3. The van der Waals surface area contributed by atoms with Gasteiger partial charge in [0.1, 0.15) is 5.60 Å². The van der Waals surface area contributed by atoms with Crippen molar-refractivity contribution < 1.29 is 14.0 Å². The summed E-state index contributed by atoms with van der Waals surface area (Å²) in [6.45, 7) is 18.8. The summed E-state index contributed by atoms with van der Waals surface area (Å²) in [7, 11) is 0.159. The van der Waals surface area contributed by atoms with E-state index in [0.29, 0.717) is 5.92 Å². The first-order valence-corrected chi connectivity index (χ1v) is 11.9. The number of allylic oxidation sites excluding steroid dienone is 3. The van der Waals surface area contributed by atoms with Crippen molar-refractivity contribution in [3.05, 3.63) is 23.5 Å². The van der Waals surface area contributed by atoms with Crippen LogP contribution in [0.1, 0.15) is 54.4 Å². The van der Waals surface area contributed by atoms with E-state index in [-0.39, 0.29) is 0 Å². The van der Waals surface area contributed by atoms with Crippen LogP contribution >= 0.6 is 0 Å². The zero-order chi connectivity index (χ0) is 18.7. The van der Waals surface area contributed by atoms with Crippen molar-refractivity contribution in [1.82, 2.24) is 0 Å². The molecule has 0 aromatic carbocycles. The molecule has 0 rings (SSSR count). The second kappa shape index (κ2) is 11.6. The Hall–Kier alpha value is -0.873. The monoisotopic (exact) mass is 342 g/mol. The minimum atomic E-state index is -1.42. The molecular weight excluding hydrogens is 304 g/mol. The molecule has 0 unspecified atom stereocenters. The van der Waals surface area contributed by atoms with Gasteiger partial charge in [0.2, 0.25) is 8.32 Å². The van der Waals surface area contributed by atoms with Gasteiger partial charge in [-0.3, -0.25) is 0 Å². The lowest BCUT2D eigenvalue weighted by atomic mass is 9.92. The smallest absolute Gasteiger partial charge is 0.242 e. The van der Waals surface area contributed by atoms with Crippen LogP contribution in [0.4, 0.5) is 0 Å². The molecule has 4 heteroatoms. The third-order valence-electron chi connectivity index (χ3n) is 3.31. The molecule has 136 valence electrons. The summed E-state index contributed by atoms with van der Waals surface area (Å²) in [6.07, 6.45) is 6.89. The van der Waals surface area contributed by atoms with Crippen LogP contribution < -0.4 is 0 Å². The lowest BCUT2D eigenvalue weighted by Crippen LogP contribution is -2.31. The van der Waals surface area contributed by atoms with Crippen LogP contribution in [0.25, 0.3) is 0 Å². The van der Waals surface area contributed by atoms with Crippen LogP contribution in [0.2, 0.25) is 19.6 Å². The zero-order valence-corrected chi connectivity index (χ0v) is 17.9. The number of carbonyl (C=O) groups is 1. The van der Waals surface area contributed by atoms with Crippen molar-refractivity contribution in [2.75, 3.05) is 7.11 Å². The number of hydrogen-bond donors (Lipinski definition) is 0. The maximum Gasteiger partial charge on any atom is 0.242 e. The fraction of sp³-hybridized carbons (Fsp3) is 0.737. The van der Waals surface area contributed by atoms with E-state index in [1.165, 1.54) is 5.57 Å². The van der Waals surface area contributed by atoms with Crippen molar-refractivity contribution in [3.63, 3.8) is 0 Å². The lowest BCUT2D eigenvalue weighted by molar-refractivity contribution is -0.127. The van der Waals surface area contributed by atoms with Crippen LogP contribution in [0.15, 0.2) is 23.5 Å². The average molecular weight is 343 g/mol. The van der Waals surface area contributed by atoms with E-state index < -0.39 is 13.9 Å². The Morgan fingerprint density at radius 1 is 1.26 bits per heavy atom. The number of ether oxygens (including phenoxy) is 1. The van der Waals surface area contributed by atoms with Gasteiger partial charge in [-0.15, -0.1) is 0 Å². The van der Waals surface area contributed by atoms with Crippen LogP contribution in [-0.4, -0.2) is 27.3 Å². The predicted octanol–water partition coefficient (Wildman–Crippen LogP) is 5.73. The van der Waals surface area contributed by atoms with E-state index >= 15 is 0 Å². The summed E-state index contributed by atoms with van der Waals surface area (Å²) in [4.78, 5) is 10.6. The van der Waals surface area contributed by atoms with Crippen molar-refractivity contribution in [1.29, 1.82) is 0 Å². The van der Waals surface area contributed by atoms with Gasteiger partial charge in [0.05, 0.1) is 5.76 Å². The fourth-order valence-corrected chi connectivity index (χ4v) is 2.71. The Balaban J connectivity index is 0. The van der Waals surface area contributed by atoms with Crippen molar-refractivity contribution in [2.45, 2.75) is 79.6 Å². The molecule has 2 atom stereocenters. The Labute approximate surface area is 145 Å². The maximum absolute atomic E-state index is 10.6. The zero-order valence-electron chi connectivity index (χ0n) is 16.9. The summed E-state index contributed by atoms with van der Waals surface area (Å²) in [5.74, 6) is 1.55. The fourth-order valence-electron chi connectivity index (χ4n) is 1.83. The molecule has 3 nitrogen and oxygen atoms in total. The highest BCUT2D eigenvalue weighted by atomic mass is 28.4. The molecule has 0 aliphatic carbocycles. The number of aldehydes is 1. The average Bonchev–Trinajstić information content (AvgIpc) is 2.44. The summed E-state index contributed by atoms with van der Waals surface area (Å²) in [5.41, 5.74) is 0.705. The molecule has 0 radical (unpaired) electrons. The minimum absolute atomic E-state index is 0.546. The normalized spacial score (nSPS) is 15.7. The SMILES string of the molecule is C/C=C(\C=C(C)C)O[Si](C)(C)C.CC[C@H](C)C[C@](C)(C=O)OC. The highest BCUT2D eigenvalue weighted by Crippen LogP contribution is 2.19. The lowest BCUT2D eigenvalue weighted by Gasteiger charge is -2.24. The van der Waals surface area contributed by atoms with Gasteiger partial charge in [0.15, 0.2) is 6.29 Å². The Morgan fingerprint density at radius 3 is 2.04 bits per heavy atom. The topological polar surface area (TPSA) is 35.5 Å². The Kier molecular flexibility index (Phi) is 12.3. The Bertz CT molecular complexity index is 390. The van der Waals surface area contributed by atoms with Crippen molar-refractivity contribution in [3.8, 4) is 0 Å². The second-order valence-corrected chi connectivity index (χ2v) is 11.9. The molecule has 0 aliphatic rings. The number of carbonyl (C=O) groups excluding carboxylic acids is 1. The molecule has 0 spiro atoms. The summed E-state index contributed by atoms with van der Waals surface area (Å²) >= 11 is 0. The molecule has 23 heavy (non-hydrogen) atoms. The molecule has 0 aromatic heterocycles. The van der Waals surface area contributed by atoms with Crippen LogP contribution in [0.5, 0.6) is 0 Å². The van der Waals surface area contributed by atoms with Gasteiger partial charge >= 0.3 is 0 Å². The highest BCUT2D eigenvalue weighted by Gasteiger charge is 2.24. The molecular formula is C19H38O3Si. The third kappa shape index (κ3) is 14.5. The molecule has 0 bridgehead atoms. The van der Waals surface area contributed by atoms with E-state index in [0.717, 1.165) is 24.9 Å². The number of methoxy groups -OCH3 is 1. The maximum atomic E-state index is 10.6. The van der Waals surface area contributed by atoms with Crippen LogP contribution in [-0.2, 0) is 14.0 Å². The standard InChI is InChI=1S/C10H20OSi.C9H18O2/c1-7-10(8-9(2)3)11-12(4,5)6;1-5-8(2)6-9(3,7-10)11-4/h7-8H,1-6H3;7-8H,5-6H2,1-4H3/b10-7+;/t;8-,9+/m.0/s1. The molecule has 0 aliphatic heterocycles. The van der Waals surface area contributed by atoms with Gasteiger partial charge in [-0.25, -0.2) is 0 Å². The van der Waals surface area contributed by atoms with E-state index in [9.17, 15) is 4.79 Å². The van der Waals surface area contributed by atoms with E-state index in [2.05, 4.69) is 53.4 Å². The van der Waals surface area contributed by atoms with E-state index in [4.69, 9.17) is 9.16 Å². The van der Waals surface area contributed by atoms with Crippen LogP contribution in [0, 0.1) is 5.92 Å². The van der Waals surface area contributed by atoms with Gasteiger partial charge < -0.3 is 14.0 Å². The van der Waals surface area contributed by atoms with Crippen LogP contribution in [0.3, 0.4) is 0 Å². The second-order valence-electron chi connectivity index (χ2n) is 7.48. The van der Waals surface area contributed by atoms with E-state index in [1.54, 1.807) is 7.11 Å². The first-order chi connectivity index (χ1) is 10.4. The highest BCUT2D eigenvalue weighted by molar-refractivity contribution is 6.70. The molecule has 0 heterocycles. The van der Waals surface area contributed by atoms with Gasteiger partial charge in [0.25, 0.3) is 0 Å². The quantitative estimate of drug-likeness (QED) is 0.244. The van der Waals surface area contributed by atoms with Gasteiger partial charge in [-0.2, -0.15) is 0 Å². The first-order valence-electron chi connectivity index (χ1n) is 8.44. The summed E-state index contributed by atoms with van der Waals surface area (Å²) < 4.78 is 10.9. The molecule has 0 aromatic rings. The molecule has 0 fully saturated rings. The first kappa shape index (κ1) is 24.4.